The van der Waals surface area contributed by atoms with Gasteiger partial charge in [-0.15, -0.1) is 0 Å². The maximum Gasteiger partial charge on any atom is 0.314 e. The van der Waals surface area contributed by atoms with Gasteiger partial charge in [0.05, 0.1) is 18.2 Å². The Bertz CT molecular complexity index is 837. The predicted octanol–water partition coefficient (Wildman–Crippen LogP) is 3.90. The summed E-state index contributed by atoms with van der Waals surface area (Å²) in [6, 6.07) is 9.93. The molecular formula is C19H18ClNO5. The van der Waals surface area contributed by atoms with Crippen LogP contribution in [0.25, 0.3) is 0 Å². The lowest BCUT2D eigenvalue weighted by molar-refractivity contribution is -0.145. The van der Waals surface area contributed by atoms with Gasteiger partial charge in [0.15, 0.2) is 11.5 Å². The first kappa shape index (κ1) is 18.1. The Balaban J connectivity index is 1.80. The van der Waals surface area contributed by atoms with Gasteiger partial charge < -0.3 is 19.3 Å². The first-order valence-electron chi connectivity index (χ1n) is 8.14. The lowest BCUT2D eigenvalue weighted by Crippen LogP contribution is -2.21. The van der Waals surface area contributed by atoms with E-state index in [9.17, 15) is 9.90 Å². The van der Waals surface area contributed by atoms with Crippen molar-refractivity contribution in [3.05, 3.63) is 47.0 Å². The number of esters is 1. The van der Waals surface area contributed by atoms with Gasteiger partial charge in [-0.05, 0) is 43.2 Å². The number of phenols is 1. The quantitative estimate of drug-likeness (QED) is 0.612. The highest BCUT2D eigenvalue weighted by atomic mass is 35.5. The van der Waals surface area contributed by atoms with E-state index in [1.165, 1.54) is 12.1 Å². The topological polar surface area (TPSA) is 77.4 Å². The molecule has 1 N–H and O–H groups in total. The Kier molecular flexibility index (Phi) is 5.63. The predicted molar refractivity (Wildman–Crippen MR) is 97.7 cm³/mol. The number of hydrogen-bond donors (Lipinski definition) is 1. The molecule has 7 heteroatoms. The molecule has 2 aromatic rings. The van der Waals surface area contributed by atoms with Crippen LogP contribution in [0.5, 0.6) is 17.2 Å². The number of aliphatic imine (C=N–C) groups is 1. The van der Waals surface area contributed by atoms with Crippen LogP contribution in [0.4, 0.5) is 5.69 Å². The van der Waals surface area contributed by atoms with E-state index in [2.05, 4.69) is 4.99 Å². The minimum absolute atomic E-state index is 0.0699. The van der Waals surface area contributed by atoms with Crippen molar-refractivity contribution < 1.29 is 24.1 Å². The number of ether oxygens (including phenoxy) is 3. The second-order valence-corrected chi connectivity index (χ2v) is 6.06. The van der Waals surface area contributed by atoms with Crippen LogP contribution in [0, 0.1) is 5.92 Å². The average Bonchev–Trinajstić information content (AvgIpc) is 3.08. The molecule has 0 fully saturated rings. The van der Waals surface area contributed by atoms with Gasteiger partial charge in [0.1, 0.15) is 5.75 Å². The van der Waals surface area contributed by atoms with E-state index in [-0.39, 0.29) is 25.1 Å². The zero-order valence-electron chi connectivity index (χ0n) is 14.1. The molecule has 0 spiro atoms. The third-order valence-electron chi connectivity index (χ3n) is 3.83. The maximum absolute atomic E-state index is 12.3. The summed E-state index contributed by atoms with van der Waals surface area (Å²) in [4.78, 5) is 16.7. The third kappa shape index (κ3) is 4.26. The van der Waals surface area contributed by atoms with E-state index in [1.807, 2.05) is 0 Å². The van der Waals surface area contributed by atoms with E-state index < -0.39 is 5.92 Å². The molecule has 0 bridgehead atoms. The van der Waals surface area contributed by atoms with Crippen LogP contribution >= 0.6 is 11.6 Å². The van der Waals surface area contributed by atoms with Crippen molar-refractivity contribution in [1.82, 2.24) is 0 Å². The standard InChI is InChI=1S/C19H18ClNO5/c1-2-24-19(23)13(7-12-3-5-15(22)9-16(12)20)10-21-14-4-6-17-18(8-14)26-11-25-17/h3-6,8-10,13,22H,2,7,11H2,1H3. The molecule has 26 heavy (non-hydrogen) atoms. The highest BCUT2D eigenvalue weighted by molar-refractivity contribution is 6.31. The second-order valence-electron chi connectivity index (χ2n) is 5.65. The lowest BCUT2D eigenvalue weighted by atomic mass is 10.00. The summed E-state index contributed by atoms with van der Waals surface area (Å²) in [5.41, 5.74) is 1.36. The molecule has 0 saturated carbocycles. The highest BCUT2D eigenvalue weighted by Crippen LogP contribution is 2.35. The van der Waals surface area contributed by atoms with Gasteiger partial charge in [-0.25, -0.2) is 0 Å². The van der Waals surface area contributed by atoms with Gasteiger partial charge in [-0.2, -0.15) is 0 Å². The van der Waals surface area contributed by atoms with E-state index >= 15 is 0 Å². The SMILES string of the molecule is CCOC(=O)C(C=Nc1ccc2c(c1)OCO2)Cc1ccc(O)cc1Cl. The Labute approximate surface area is 156 Å². The summed E-state index contributed by atoms with van der Waals surface area (Å²) >= 11 is 6.15. The molecule has 1 heterocycles. The number of aromatic hydroxyl groups is 1. The maximum atomic E-state index is 12.3. The molecule has 136 valence electrons. The van der Waals surface area contributed by atoms with Crippen LogP contribution in [-0.4, -0.2) is 30.7 Å². The van der Waals surface area contributed by atoms with Crippen LogP contribution < -0.4 is 9.47 Å². The number of nitrogens with zero attached hydrogens (tertiary/aromatic N) is 1. The van der Waals surface area contributed by atoms with E-state index in [0.717, 1.165) is 5.56 Å². The summed E-state index contributed by atoms with van der Waals surface area (Å²) < 4.78 is 15.7. The van der Waals surface area contributed by atoms with Gasteiger partial charge >= 0.3 is 5.97 Å². The molecule has 0 aromatic heterocycles. The van der Waals surface area contributed by atoms with Gasteiger partial charge in [0.2, 0.25) is 6.79 Å². The molecule has 0 amide bonds. The van der Waals surface area contributed by atoms with Crippen molar-refractivity contribution in [2.45, 2.75) is 13.3 Å². The van der Waals surface area contributed by atoms with Crippen LogP contribution in [-0.2, 0) is 16.0 Å². The number of halogens is 1. The molecule has 3 rings (SSSR count). The lowest BCUT2D eigenvalue weighted by Gasteiger charge is -2.12. The molecule has 0 radical (unpaired) electrons. The van der Waals surface area contributed by atoms with Crippen LogP contribution in [0.2, 0.25) is 5.02 Å². The van der Waals surface area contributed by atoms with Crippen molar-refractivity contribution in [2.24, 2.45) is 10.9 Å². The Hall–Kier alpha value is -2.73. The molecular weight excluding hydrogens is 358 g/mol. The molecule has 1 atom stereocenters. The van der Waals surface area contributed by atoms with Gasteiger partial charge in [-0.1, -0.05) is 17.7 Å². The Morgan fingerprint density at radius 3 is 2.88 bits per heavy atom. The summed E-state index contributed by atoms with van der Waals surface area (Å²) in [5, 5.41) is 9.85. The molecule has 2 aromatic carbocycles. The first-order chi connectivity index (χ1) is 12.6. The number of carbonyl (C=O) groups excluding carboxylic acids is 1. The van der Waals surface area contributed by atoms with E-state index in [4.69, 9.17) is 25.8 Å². The summed E-state index contributed by atoms with van der Waals surface area (Å²) in [6.07, 6.45) is 1.85. The minimum atomic E-state index is -0.609. The second kappa shape index (κ2) is 8.10. The average molecular weight is 376 g/mol. The van der Waals surface area contributed by atoms with Crippen molar-refractivity contribution in [2.75, 3.05) is 13.4 Å². The van der Waals surface area contributed by atoms with Crippen molar-refractivity contribution >= 4 is 29.5 Å². The van der Waals surface area contributed by atoms with Gasteiger partial charge in [0, 0.05) is 17.3 Å². The highest BCUT2D eigenvalue weighted by Gasteiger charge is 2.20. The van der Waals surface area contributed by atoms with Crippen molar-refractivity contribution in [3.8, 4) is 17.2 Å². The van der Waals surface area contributed by atoms with Crippen LogP contribution in [0.1, 0.15) is 12.5 Å². The summed E-state index contributed by atoms with van der Waals surface area (Å²) in [5.74, 6) is 0.361. The molecule has 1 unspecified atom stereocenters. The fourth-order valence-electron chi connectivity index (χ4n) is 2.53. The zero-order valence-corrected chi connectivity index (χ0v) is 14.9. The molecule has 6 nitrogen and oxygen atoms in total. The van der Waals surface area contributed by atoms with Crippen molar-refractivity contribution in [3.63, 3.8) is 0 Å². The molecule has 1 aliphatic heterocycles. The van der Waals surface area contributed by atoms with Crippen LogP contribution in [0.3, 0.4) is 0 Å². The largest absolute Gasteiger partial charge is 0.508 e. The minimum Gasteiger partial charge on any atom is -0.508 e. The normalized spacial score (nSPS) is 13.8. The smallest absolute Gasteiger partial charge is 0.314 e. The fourth-order valence-corrected chi connectivity index (χ4v) is 2.78. The van der Waals surface area contributed by atoms with E-state index in [0.29, 0.717) is 28.6 Å². The van der Waals surface area contributed by atoms with E-state index in [1.54, 1.807) is 37.4 Å². The van der Waals surface area contributed by atoms with Crippen LogP contribution in [0.15, 0.2) is 41.4 Å². The Morgan fingerprint density at radius 2 is 2.12 bits per heavy atom. The van der Waals surface area contributed by atoms with Gasteiger partial charge in [-0.3, -0.25) is 9.79 Å². The number of rotatable bonds is 6. The number of hydrogen-bond acceptors (Lipinski definition) is 6. The number of phenolic OH excluding ortho intramolecular Hbond substituents is 1. The zero-order chi connectivity index (χ0) is 18.5. The van der Waals surface area contributed by atoms with Crippen molar-refractivity contribution in [1.29, 1.82) is 0 Å². The fraction of sp³-hybridized carbons (Fsp3) is 0.263. The summed E-state index contributed by atoms with van der Waals surface area (Å²) in [6.45, 7) is 2.21. The number of fused-ring (bicyclic) bond motifs is 1. The molecule has 0 aliphatic carbocycles. The number of carbonyl (C=O) groups is 1. The summed E-state index contributed by atoms with van der Waals surface area (Å²) in [7, 11) is 0. The first-order valence-corrected chi connectivity index (χ1v) is 8.52. The Morgan fingerprint density at radius 1 is 1.31 bits per heavy atom. The molecule has 0 saturated heterocycles. The third-order valence-corrected chi connectivity index (χ3v) is 4.18. The monoisotopic (exact) mass is 375 g/mol. The number of benzene rings is 2. The molecule has 1 aliphatic rings. The van der Waals surface area contributed by atoms with Gasteiger partial charge in [0.25, 0.3) is 0 Å².